The summed E-state index contributed by atoms with van der Waals surface area (Å²) in [5.41, 5.74) is 2.59. The van der Waals surface area contributed by atoms with E-state index in [4.69, 9.17) is 4.74 Å². The van der Waals surface area contributed by atoms with Crippen LogP contribution in [0.1, 0.15) is 34.8 Å². The molecular weight excluding hydrogens is 354 g/mol. The number of hydrogen-bond donors (Lipinski definition) is 2. The zero-order valence-electron chi connectivity index (χ0n) is 16.7. The molecule has 1 aliphatic heterocycles. The van der Waals surface area contributed by atoms with Crippen LogP contribution in [0, 0.1) is 0 Å². The molecule has 1 aliphatic rings. The Bertz CT molecular complexity index is 816. The van der Waals surface area contributed by atoms with E-state index < -0.39 is 0 Å². The van der Waals surface area contributed by atoms with Crippen molar-refractivity contribution in [3.63, 3.8) is 0 Å². The molecule has 0 radical (unpaired) electrons. The number of carbonyl (C=O) groups is 2. The number of quaternary nitrogens is 1. The van der Waals surface area contributed by atoms with Gasteiger partial charge in [-0.1, -0.05) is 0 Å². The van der Waals surface area contributed by atoms with E-state index in [0.29, 0.717) is 18.5 Å². The molecule has 2 N–H and O–H groups in total. The number of carbonyl (C=O) groups excluding carboxylic acids is 2. The standard InChI is InChI=1S/C22H27N3O3/c1-24(2)20(16-8-12-19(28-3)13-9-16)15-23-22(27)17-6-10-18(11-7-17)25-14-4-5-21(25)26/h6-13,20H,4-5,14-15H2,1-3H3,(H,23,27)/p+1/t20-/m1/s1. The number of benzene rings is 2. The number of nitrogens with zero attached hydrogens (tertiary/aromatic N) is 1. The molecule has 1 atom stereocenters. The fourth-order valence-electron chi connectivity index (χ4n) is 3.50. The fraction of sp³-hybridized carbons (Fsp3) is 0.364. The number of nitrogens with one attached hydrogen (secondary N) is 2. The first-order valence-corrected chi connectivity index (χ1v) is 9.62. The van der Waals surface area contributed by atoms with Crippen LogP contribution in [0.5, 0.6) is 5.75 Å². The Kier molecular flexibility index (Phi) is 6.31. The summed E-state index contributed by atoms with van der Waals surface area (Å²) >= 11 is 0. The first-order chi connectivity index (χ1) is 13.5. The van der Waals surface area contributed by atoms with Crippen molar-refractivity contribution in [1.29, 1.82) is 0 Å². The molecular formula is C22H28N3O3+. The Morgan fingerprint density at radius 2 is 1.82 bits per heavy atom. The predicted octanol–water partition coefficient (Wildman–Crippen LogP) is 1.44. The molecule has 1 saturated heterocycles. The summed E-state index contributed by atoms with van der Waals surface area (Å²) in [6, 6.07) is 15.3. The van der Waals surface area contributed by atoms with Gasteiger partial charge in [0.2, 0.25) is 5.91 Å². The Balaban J connectivity index is 1.63. The maximum absolute atomic E-state index is 12.6. The SMILES string of the molecule is COc1ccc([C@@H](CNC(=O)c2ccc(N3CCCC3=O)cc2)[NH+](C)C)cc1. The van der Waals surface area contributed by atoms with E-state index in [1.165, 1.54) is 4.90 Å². The van der Waals surface area contributed by atoms with Crippen LogP contribution in [0.3, 0.4) is 0 Å². The van der Waals surface area contributed by atoms with Crippen molar-refractivity contribution < 1.29 is 19.2 Å². The lowest BCUT2D eigenvalue weighted by Crippen LogP contribution is -3.07. The van der Waals surface area contributed by atoms with Crippen LogP contribution in [-0.2, 0) is 4.79 Å². The van der Waals surface area contributed by atoms with Crippen molar-refractivity contribution in [2.45, 2.75) is 18.9 Å². The fourth-order valence-corrected chi connectivity index (χ4v) is 3.50. The largest absolute Gasteiger partial charge is 0.497 e. The molecule has 0 aliphatic carbocycles. The number of anilines is 1. The lowest BCUT2D eigenvalue weighted by atomic mass is 10.1. The van der Waals surface area contributed by atoms with Crippen LogP contribution in [0.2, 0.25) is 0 Å². The quantitative estimate of drug-likeness (QED) is 0.762. The van der Waals surface area contributed by atoms with Gasteiger partial charge in [-0.2, -0.15) is 0 Å². The monoisotopic (exact) mass is 382 g/mol. The van der Waals surface area contributed by atoms with Gasteiger partial charge in [-0.05, 0) is 55.0 Å². The third kappa shape index (κ3) is 4.51. The number of methoxy groups -OCH3 is 1. The number of amides is 2. The van der Waals surface area contributed by atoms with Crippen LogP contribution in [0.15, 0.2) is 48.5 Å². The van der Waals surface area contributed by atoms with Crippen LogP contribution >= 0.6 is 0 Å². The second kappa shape index (κ2) is 8.89. The molecule has 0 bridgehead atoms. The smallest absolute Gasteiger partial charge is 0.251 e. The van der Waals surface area contributed by atoms with Crippen molar-refractivity contribution >= 4 is 17.5 Å². The summed E-state index contributed by atoms with van der Waals surface area (Å²) in [5, 5.41) is 3.03. The average Bonchev–Trinajstić information content (AvgIpc) is 3.14. The van der Waals surface area contributed by atoms with Gasteiger partial charge >= 0.3 is 0 Å². The molecule has 0 unspecified atom stereocenters. The van der Waals surface area contributed by atoms with E-state index in [9.17, 15) is 9.59 Å². The molecule has 1 fully saturated rings. The summed E-state index contributed by atoms with van der Waals surface area (Å²) in [6.45, 7) is 1.28. The number of hydrogen-bond acceptors (Lipinski definition) is 3. The van der Waals surface area contributed by atoms with Crippen molar-refractivity contribution in [1.82, 2.24) is 5.32 Å². The molecule has 3 rings (SSSR count). The van der Waals surface area contributed by atoms with Gasteiger partial charge in [0.15, 0.2) is 0 Å². The van der Waals surface area contributed by atoms with Crippen LogP contribution in [-0.4, -0.2) is 46.1 Å². The molecule has 2 aromatic rings. The zero-order chi connectivity index (χ0) is 20.1. The average molecular weight is 382 g/mol. The van der Waals surface area contributed by atoms with Gasteiger partial charge < -0.3 is 19.9 Å². The highest BCUT2D eigenvalue weighted by Gasteiger charge is 2.22. The van der Waals surface area contributed by atoms with Gasteiger partial charge in [0.05, 0.1) is 27.7 Å². The Morgan fingerprint density at radius 1 is 1.14 bits per heavy atom. The summed E-state index contributed by atoms with van der Waals surface area (Å²) in [4.78, 5) is 27.4. The second-order valence-corrected chi connectivity index (χ2v) is 7.31. The third-order valence-corrected chi connectivity index (χ3v) is 5.20. The highest BCUT2D eigenvalue weighted by atomic mass is 16.5. The molecule has 0 aromatic heterocycles. The van der Waals surface area contributed by atoms with Gasteiger partial charge in [-0.3, -0.25) is 9.59 Å². The van der Waals surface area contributed by atoms with Gasteiger partial charge in [-0.25, -0.2) is 0 Å². The first kappa shape index (κ1) is 19.9. The topological polar surface area (TPSA) is 63.1 Å². The normalized spacial score (nSPS) is 15.0. The van der Waals surface area contributed by atoms with Gasteiger partial charge in [0, 0.05) is 29.8 Å². The second-order valence-electron chi connectivity index (χ2n) is 7.31. The van der Waals surface area contributed by atoms with Crippen molar-refractivity contribution in [2.75, 3.05) is 39.2 Å². The number of likely N-dealkylation sites (N-methyl/N-ethyl adjacent to an activating group) is 1. The highest BCUT2D eigenvalue weighted by molar-refractivity contribution is 5.97. The molecule has 6 nitrogen and oxygen atoms in total. The van der Waals surface area contributed by atoms with E-state index in [1.807, 2.05) is 36.4 Å². The van der Waals surface area contributed by atoms with Crippen LogP contribution in [0.25, 0.3) is 0 Å². The molecule has 148 valence electrons. The van der Waals surface area contributed by atoms with Crippen LogP contribution in [0.4, 0.5) is 5.69 Å². The third-order valence-electron chi connectivity index (χ3n) is 5.20. The minimum Gasteiger partial charge on any atom is -0.497 e. The highest BCUT2D eigenvalue weighted by Crippen LogP contribution is 2.21. The minimum atomic E-state index is -0.112. The summed E-state index contributed by atoms with van der Waals surface area (Å²) in [5.74, 6) is 0.851. The molecule has 28 heavy (non-hydrogen) atoms. The van der Waals surface area contributed by atoms with Gasteiger partial charge in [-0.15, -0.1) is 0 Å². The summed E-state index contributed by atoms with van der Waals surface area (Å²) < 4.78 is 5.22. The van der Waals surface area contributed by atoms with E-state index in [0.717, 1.165) is 30.0 Å². The van der Waals surface area contributed by atoms with E-state index in [2.05, 4.69) is 19.4 Å². The predicted molar refractivity (Wildman–Crippen MR) is 109 cm³/mol. The van der Waals surface area contributed by atoms with Crippen molar-refractivity contribution in [2.24, 2.45) is 0 Å². The molecule has 0 spiro atoms. The van der Waals surface area contributed by atoms with Gasteiger partial charge in [0.1, 0.15) is 11.8 Å². The minimum absolute atomic E-state index is 0.112. The summed E-state index contributed by atoms with van der Waals surface area (Å²) in [7, 11) is 5.79. The van der Waals surface area contributed by atoms with E-state index in [-0.39, 0.29) is 17.9 Å². The Morgan fingerprint density at radius 3 is 2.36 bits per heavy atom. The lowest BCUT2D eigenvalue weighted by molar-refractivity contribution is -0.890. The van der Waals surface area contributed by atoms with Crippen LogP contribution < -0.4 is 19.9 Å². The first-order valence-electron chi connectivity index (χ1n) is 9.62. The number of rotatable bonds is 7. The lowest BCUT2D eigenvalue weighted by Gasteiger charge is -2.22. The van der Waals surface area contributed by atoms with Gasteiger partial charge in [0.25, 0.3) is 5.91 Å². The van der Waals surface area contributed by atoms with Crippen molar-refractivity contribution in [3.8, 4) is 5.75 Å². The van der Waals surface area contributed by atoms with E-state index >= 15 is 0 Å². The summed E-state index contributed by atoms with van der Waals surface area (Å²) in [6.07, 6.45) is 1.49. The molecule has 2 amide bonds. The molecule has 2 aromatic carbocycles. The maximum Gasteiger partial charge on any atom is 0.251 e. The zero-order valence-corrected chi connectivity index (χ0v) is 16.7. The molecule has 1 heterocycles. The molecule has 6 heteroatoms. The van der Waals surface area contributed by atoms with E-state index in [1.54, 1.807) is 24.1 Å². The Hall–Kier alpha value is -2.86. The molecule has 0 saturated carbocycles. The number of ether oxygens (including phenoxy) is 1. The maximum atomic E-state index is 12.6. The Labute approximate surface area is 166 Å². The van der Waals surface area contributed by atoms with Crippen molar-refractivity contribution in [3.05, 3.63) is 59.7 Å².